The second kappa shape index (κ2) is 10.00. The van der Waals surface area contributed by atoms with Gasteiger partial charge in [-0.05, 0) is 35.8 Å². The second-order valence-corrected chi connectivity index (χ2v) is 6.74. The molecule has 0 N–H and O–H groups in total. The molecule has 0 radical (unpaired) electrons. The topological polar surface area (TPSA) is 51.2 Å². The van der Waals surface area contributed by atoms with E-state index in [2.05, 4.69) is 0 Å². The van der Waals surface area contributed by atoms with Crippen LogP contribution in [0.3, 0.4) is 0 Å². The molecular weight excluding hydrogens is 292 g/mol. The van der Waals surface area contributed by atoms with Crippen LogP contribution in [-0.2, 0) is 14.4 Å². The van der Waals surface area contributed by atoms with E-state index in [9.17, 15) is 14.4 Å². The Morgan fingerprint density at radius 2 is 1.60 bits per heavy atom. The number of Topliss-reactive ketones (excluding diaryl/α,β-unsaturated/α-hetero) is 1. The zero-order valence-corrected chi connectivity index (χ0v) is 13.3. The molecule has 0 amide bonds. The van der Waals surface area contributed by atoms with Gasteiger partial charge in [0.1, 0.15) is 5.78 Å². The van der Waals surface area contributed by atoms with Crippen molar-refractivity contribution in [3.8, 4) is 0 Å². The highest BCUT2D eigenvalue weighted by Gasteiger charge is 2.18. The number of thioether (sulfide) groups is 2. The van der Waals surface area contributed by atoms with Crippen LogP contribution in [0.15, 0.2) is 23.0 Å². The predicted octanol–water partition coefficient (Wildman–Crippen LogP) is 3.75. The summed E-state index contributed by atoms with van der Waals surface area (Å²) in [6.07, 6.45) is 5.48. The first kappa shape index (κ1) is 17.2. The highest BCUT2D eigenvalue weighted by Crippen LogP contribution is 2.20. The Bertz CT molecular complexity index is 383. The third-order valence-electron chi connectivity index (χ3n) is 3.12. The van der Waals surface area contributed by atoms with Crippen LogP contribution in [0.4, 0.5) is 0 Å². The summed E-state index contributed by atoms with van der Waals surface area (Å²) >= 11 is 3.06. The molecule has 1 heterocycles. The molecule has 0 spiro atoms. The van der Waals surface area contributed by atoms with Crippen molar-refractivity contribution in [1.82, 2.24) is 0 Å². The maximum Gasteiger partial charge on any atom is 0.156 e. The summed E-state index contributed by atoms with van der Waals surface area (Å²) in [5.74, 6) is 0.0815. The van der Waals surface area contributed by atoms with E-state index in [0.29, 0.717) is 32.1 Å². The van der Waals surface area contributed by atoms with E-state index in [-0.39, 0.29) is 23.3 Å². The lowest BCUT2D eigenvalue weighted by Crippen LogP contribution is -2.16. The number of hydrogen-bond acceptors (Lipinski definition) is 5. The highest BCUT2D eigenvalue weighted by atomic mass is 32.2. The zero-order chi connectivity index (χ0) is 14.8. The summed E-state index contributed by atoms with van der Waals surface area (Å²) in [6, 6.07) is 0. The fourth-order valence-electron chi connectivity index (χ4n) is 1.92. The monoisotopic (exact) mass is 312 g/mol. The first-order chi connectivity index (χ1) is 9.63. The van der Waals surface area contributed by atoms with Gasteiger partial charge in [0, 0.05) is 30.3 Å². The molecule has 0 aliphatic carbocycles. The zero-order valence-electron chi connectivity index (χ0n) is 11.7. The van der Waals surface area contributed by atoms with E-state index in [1.54, 1.807) is 23.0 Å². The Hall–Kier alpha value is -0.810. The van der Waals surface area contributed by atoms with Gasteiger partial charge in [-0.3, -0.25) is 14.4 Å². The number of rotatable bonds is 2. The van der Waals surface area contributed by atoms with Crippen LogP contribution in [0.5, 0.6) is 0 Å². The summed E-state index contributed by atoms with van der Waals surface area (Å²) in [5.41, 5.74) is 0. The first-order valence-corrected chi connectivity index (χ1v) is 8.88. The molecule has 3 nitrogen and oxygen atoms in total. The molecule has 0 saturated carbocycles. The number of hydrogen-bond donors (Lipinski definition) is 0. The molecule has 0 saturated heterocycles. The molecule has 0 unspecified atom stereocenters. The number of allylic oxidation sites excluding steroid dienone is 2. The number of carbonyl (C=O) groups excluding carboxylic acids is 3. The minimum absolute atomic E-state index is 0.0512. The van der Waals surface area contributed by atoms with Crippen LogP contribution in [-0.4, -0.2) is 22.4 Å². The Balaban J connectivity index is 2.69. The lowest BCUT2D eigenvalue weighted by atomic mass is 9.90. The van der Waals surface area contributed by atoms with Crippen LogP contribution >= 0.6 is 23.5 Å². The molecule has 0 aromatic carbocycles. The smallest absolute Gasteiger partial charge is 0.156 e. The number of carbonyl (C=O) groups is 3. The van der Waals surface area contributed by atoms with Gasteiger partial charge in [0.25, 0.3) is 0 Å². The van der Waals surface area contributed by atoms with Gasteiger partial charge in [0.15, 0.2) is 11.6 Å². The summed E-state index contributed by atoms with van der Waals surface area (Å²) in [4.78, 5) is 35.2. The Morgan fingerprint density at radius 3 is 2.05 bits per heavy atom. The van der Waals surface area contributed by atoms with Crippen LogP contribution in [0.2, 0.25) is 0 Å². The van der Waals surface area contributed by atoms with Gasteiger partial charge < -0.3 is 0 Å². The summed E-state index contributed by atoms with van der Waals surface area (Å²) in [7, 11) is 0. The van der Waals surface area contributed by atoms with Crippen molar-refractivity contribution in [3.05, 3.63) is 23.0 Å². The fraction of sp³-hybridized carbons (Fsp3) is 0.533. The van der Waals surface area contributed by atoms with E-state index < -0.39 is 0 Å². The maximum atomic E-state index is 11.9. The SMILES string of the molecule is CCC(=O)C1CCC(=O)C=CSCSC=CC(=O)CC1. The number of ketones is 3. The minimum atomic E-state index is -0.169. The molecular formula is C15H20O3S2. The van der Waals surface area contributed by atoms with Gasteiger partial charge in [0.2, 0.25) is 0 Å². The molecule has 0 bridgehead atoms. The van der Waals surface area contributed by atoms with Gasteiger partial charge in [-0.25, -0.2) is 0 Å². The van der Waals surface area contributed by atoms with Crippen LogP contribution in [0, 0.1) is 5.92 Å². The average molecular weight is 312 g/mol. The maximum absolute atomic E-state index is 11.9. The molecule has 1 aliphatic heterocycles. The molecule has 1 aliphatic rings. The summed E-state index contributed by atoms with van der Waals surface area (Å²) in [5, 5.41) is 4.35. The van der Waals surface area contributed by atoms with Crippen LogP contribution in [0.1, 0.15) is 39.0 Å². The van der Waals surface area contributed by atoms with Gasteiger partial charge in [-0.2, -0.15) is 0 Å². The molecule has 0 aromatic heterocycles. The van der Waals surface area contributed by atoms with E-state index in [4.69, 9.17) is 0 Å². The van der Waals surface area contributed by atoms with E-state index >= 15 is 0 Å². The molecule has 110 valence electrons. The van der Waals surface area contributed by atoms with E-state index in [1.165, 1.54) is 23.5 Å². The standard InChI is InChI=1S/C15H20O3S2/c1-2-15(18)12-3-5-13(16)7-9-19-11-20-10-8-14(17)6-4-12/h7-10,12H,2-6,11H2,1H3. The first-order valence-electron chi connectivity index (χ1n) is 6.78. The largest absolute Gasteiger partial charge is 0.299 e. The summed E-state index contributed by atoms with van der Waals surface area (Å²) < 4.78 is 0. The van der Waals surface area contributed by atoms with Crippen molar-refractivity contribution in [1.29, 1.82) is 0 Å². The van der Waals surface area contributed by atoms with Gasteiger partial charge in [-0.1, -0.05) is 6.92 Å². The van der Waals surface area contributed by atoms with Crippen molar-refractivity contribution in [2.45, 2.75) is 39.0 Å². The second-order valence-electron chi connectivity index (χ2n) is 4.58. The van der Waals surface area contributed by atoms with Crippen molar-refractivity contribution in [2.24, 2.45) is 5.92 Å². The third kappa shape index (κ3) is 7.10. The quantitative estimate of drug-likeness (QED) is 0.777. The van der Waals surface area contributed by atoms with Gasteiger partial charge >= 0.3 is 0 Å². The molecule has 0 atom stereocenters. The van der Waals surface area contributed by atoms with Crippen molar-refractivity contribution in [3.63, 3.8) is 0 Å². The molecule has 0 aromatic rings. The minimum Gasteiger partial charge on any atom is -0.299 e. The van der Waals surface area contributed by atoms with E-state index in [1.807, 2.05) is 6.92 Å². The Kier molecular flexibility index (Phi) is 8.62. The molecule has 20 heavy (non-hydrogen) atoms. The predicted molar refractivity (Wildman–Crippen MR) is 85.6 cm³/mol. The lowest BCUT2D eigenvalue weighted by Gasteiger charge is -2.13. The van der Waals surface area contributed by atoms with Crippen molar-refractivity contribution >= 4 is 40.9 Å². The van der Waals surface area contributed by atoms with Gasteiger partial charge in [-0.15, -0.1) is 23.5 Å². The Morgan fingerprint density at radius 1 is 1.10 bits per heavy atom. The normalized spacial score (nSPS) is 22.6. The van der Waals surface area contributed by atoms with E-state index in [0.717, 1.165) is 5.08 Å². The molecule has 1 rings (SSSR count). The van der Waals surface area contributed by atoms with Crippen molar-refractivity contribution in [2.75, 3.05) is 5.08 Å². The fourth-order valence-corrected chi connectivity index (χ4v) is 3.36. The van der Waals surface area contributed by atoms with Gasteiger partial charge in [0.05, 0.1) is 0 Å². The lowest BCUT2D eigenvalue weighted by molar-refractivity contribution is -0.123. The third-order valence-corrected chi connectivity index (χ3v) is 4.86. The molecule has 0 fully saturated rings. The summed E-state index contributed by atoms with van der Waals surface area (Å²) in [6.45, 7) is 1.82. The highest BCUT2D eigenvalue weighted by molar-refractivity contribution is 8.18. The average Bonchev–Trinajstić information content (AvgIpc) is 2.44. The van der Waals surface area contributed by atoms with Crippen LogP contribution < -0.4 is 0 Å². The molecule has 5 heteroatoms. The Labute approximate surface area is 128 Å². The van der Waals surface area contributed by atoms with Crippen molar-refractivity contribution < 1.29 is 14.4 Å². The van der Waals surface area contributed by atoms with Crippen LogP contribution in [0.25, 0.3) is 0 Å².